The summed E-state index contributed by atoms with van der Waals surface area (Å²) >= 11 is 0. The maximum absolute atomic E-state index is 11.0. The molecule has 0 aliphatic carbocycles. The first-order chi connectivity index (χ1) is 10.7. The first-order valence-electron chi connectivity index (χ1n) is 7.33. The molecule has 114 valence electrons. The average molecular weight is 298 g/mol. The maximum atomic E-state index is 11.0. The van der Waals surface area contributed by atoms with Gasteiger partial charge in [-0.05, 0) is 17.7 Å². The quantitative estimate of drug-likeness (QED) is 0.938. The molecule has 5 heteroatoms. The van der Waals surface area contributed by atoms with Crippen molar-refractivity contribution in [3.05, 3.63) is 59.8 Å². The Kier molecular flexibility index (Phi) is 4.34. The lowest BCUT2D eigenvalue weighted by Gasteiger charge is -2.34. The number of nitrogens with zero attached hydrogens (tertiary/aromatic N) is 2. The summed E-state index contributed by atoms with van der Waals surface area (Å²) in [6.45, 7) is 2.06. The lowest BCUT2D eigenvalue weighted by Crippen LogP contribution is -2.43. The minimum atomic E-state index is -1.00. The van der Waals surface area contributed by atoms with E-state index in [0.29, 0.717) is 19.0 Å². The van der Waals surface area contributed by atoms with E-state index in [1.807, 2.05) is 24.3 Å². The summed E-state index contributed by atoms with van der Waals surface area (Å²) < 4.78 is 5.83. The number of benzene rings is 1. The predicted molar refractivity (Wildman–Crippen MR) is 83.3 cm³/mol. The Hall–Kier alpha value is -2.40. The molecule has 1 aromatic heterocycles. The number of morpholine rings is 1. The van der Waals surface area contributed by atoms with E-state index in [-0.39, 0.29) is 11.8 Å². The SMILES string of the molecule is O=C(O)c1cccc(N2CCOC(Cc3ccccc3)C2)n1. The fourth-order valence-electron chi connectivity index (χ4n) is 2.65. The van der Waals surface area contributed by atoms with Crippen molar-refractivity contribution in [3.63, 3.8) is 0 Å². The molecule has 0 amide bonds. The summed E-state index contributed by atoms with van der Waals surface area (Å²) in [5, 5.41) is 9.05. The van der Waals surface area contributed by atoms with Gasteiger partial charge in [0, 0.05) is 19.5 Å². The summed E-state index contributed by atoms with van der Waals surface area (Å²) in [6, 6.07) is 15.3. The minimum absolute atomic E-state index is 0.0728. The molecule has 2 heterocycles. The molecule has 1 N–H and O–H groups in total. The van der Waals surface area contributed by atoms with E-state index in [1.165, 1.54) is 11.6 Å². The van der Waals surface area contributed by atoms with Crippen LogP contribution in [0, 0.1) is 0 Å². The summed E-state index contributed by atoms with van der Waals surface area (Å²) in [4.78, 5) is 17.3. The van der Waals surface area contributed by atoms with Crippen molar-refractivity contribution in [1.82, 2.24) is 4.98 Å². The van der Waals surface area contributed by atoms with E-state index >= 15 is 0 Å². The topological polar surface area (TPSA) is 62.7 Å². The van der Waals surface area contributed by atoms with Gasteiger partial charge < -0.3 is 14.7 Å². The number of rotatable bonds is 4. The van der Waals surface area contributed by atoms with Crippen molar-refractivity contribution >= 4 is 11.8 Å². The van der Waals surface area contributed by atoms with E-state index in [4.69, 9.17) is 9.84 Å². The third-order valence-electron chi connectivity index (χ3n) is 3.72. The first kappa shape index (κ1) is 14.5. The van der Waals surface area contributed by atoms with Gasteiger partial charge in [0.05, 0.1) is 12.7 Å². The molecule has 1 atom stereocenters. The Morgan fingerprint density at radius 1 is 1.23 bits per heavy atom. The van der Waals surface area contributed by atoms with Crippen LogP contribution in [0.25, 0.3) is 0 Å². The van der Waals surface area contributed by atoms with Gasteiger partial charge in [-0.3, -0.25) is 0 Å². The van der Waals surface area contributed by atoms with Crippen molar-refractivity contribution in [1.29, 1.82) is 0 Å². The molecular weight excluding hydrogens is 280 g/mol. The van der Waals surface area contributed by atoms with Crippen LogP contribution < -0.4 is 4.90 Å². The third kappa shape index (κ3) is 3.43. The zero-order chi connectivity index (χ0) is 15.4. The normalized spacial score (nSPS) is 18.2. The molecule has 1 saturated heterocycles. The van der Waals surface area contributed by atoms with Gasteiger partial charge in [0.15, 0.2) is 5.69 Å². The number of anilines is 1. The molecular formula is C17H18N2O3. The monoisotopic (exact) mass is 298 g/mol. The molecule has 3 rings (SSSR count). The highest BCUT2D eigenvalue weighted by Gasteiger charge is 2.22. The highest BCUT2D eigenvalue weighted by molar-refractivity contribution is 5.85. The van der Waals surface area contributed by atoms with Gasteiger partial charge in [0.1, 0.15) is 5.82 Å². The van der Waals surface area contributed by atoms with Crippen LogP contribution in [0.1, 0.15) is 16.1 Å². The van der Waals surface area contributed by atoms with Crippen LogP contribution >= 0.6 is 0 Å². The zero-order valence-corrected chi connectivity index (χ0v) is 12.2. The fraction of sp³-hybridized carbons (Fsp3) is 0.294. The number of ether oxygens (including phenoxy) is 1. The number of carbonyl (C=O) groups is 1. The molecule has 5 nitrogen and oxygen atoms in total. The smallest absolute Gasteiger partial charge is 0.354 e. The molecule has 0 bridgehead atoms. The first-order valence-corrected chi connectivity index (χ1v) is 7.33. The number of aromatic carboxylic acids is 1. The number of aromatic nitrogens is 1. The third-order valence-corrected chi connectivity index (χ3v) is 3.72. The number of hydrogen-bond donors (Lipinski definition) is 1. The van der Waals surface area contributed by atoms with Gasteiger partial charge in [0.25, 0.3) is 0 Å². The average Bonchev–Trinajstić information content (AvgIpc) is 2.56. The molecule has 1 fully saturated rings. The number of carboxylic acids is 1. The van der Waals surface area contributed by atoms with Crippen LogP contribution in [0.2, 0.25) is 0 Å². The van der Waals surface area contributed by atoms with E-state index in [9.17, 15) is 4.79 Å². The van der Waals surface area contributed by atoms with E-state index in [0.717, 1.165) is 13.0 Å². The molecule has 1 aromatic carbocycles. The summed E-state index contributed by atoms with van der Waals surface area (Å²) in [6.07, 6.45) is 0.933. The van der Waals surface area contributed by atoms with Gasteiger partial charge in [-0.2, -0.15) is 0 Å². The number of pyridine rings is 1. The Morgan fingerprint density at radius 3 is 2.82 bits per heavy atom. The molecule has 0 saturated carbocycles. The fourth-order valence-corrected chi connectivity index (χ4v) is 2.65. The second kappa shape index (κ2) is 6.58. The molecule has 0 radical (unpaired) electrons. The van der Waals surface area contributed by atoms with E-state index in [1.54, 1.807) is 6.07 Å². The van der Waals surface area contributed by atoms with Crippen molar-refractivity contribution in [2.75, 3.05) is 24.6 Å². The van der Waals surface area contributed by atoms with Crippen LogP contribution in [-0.4, -0.2) is 41.9 Å². The summed E-state index contributed by atoms with van der Waals surface area (Å²) in [5.41, 5.74) is 1.31. The highest BCUT2D eigenvalue weighted by atomic mass is 16.5. The Morgan fingerprint density at radius 2 is 2.05 bits per heavy atom. The Bertz CT molecular complexity index is 645. The van der Waals surface area contributed by atoms with Gasteiger partial charge in [-0.15, -0.1) is 0 Å². The zero-order valence-electron chi connectivity index (χ0n) is 12.2. The van der Waals surface area contributed by atoms with Crippen molar-refractivity contribution < 1.29 is 14.6 Å². The molecule has 0 spiro atoms. The molecule has 22 heavy (non-hydrogen) atoms. The van der Waals surface area contributed by atoms with E-state index < -0.39 is 5.97 Å². The lowest BCUT2D eigenvalue weighted by molar-refractivity contribution is 0.0408. The molecule has 1 unspecified atom stereocenters. The van der Waals surface area contributed by atoms with Gasteiger partial charge in [0.2, 0.25) is 0 Å². The summed E-state index contributed by atoms with van der Waals surface area (Å²) in [5.74, 6) is -0.308. The second-order valence-electron chi connectivity index (χ2n) is 5.31. The van der Waals surface area contributed by atoms with Crippen molar-refractivity contribution in [3.8, 4) is 0 Å². The Labute approximate surface area is 129 Å². The predicted octanol–water partition coefficient (Wildman–Crippen LogP) is 2.23. The maximum Gasteiger partial charge on any atom is 0.354 e. The van der Waals surface area contributed by atoms with Crippen LogP contribution in [0.15, 0.2) is 48.5 Å². The molecule has 1 aliphatic rings. The van der Waals surface area contributed by atoms with Crippen LogP contribution in [0.3, 0.4) is 0 Å². The second-order valence-corrected chi connectivity index (χ2v) is 5.31. The molecule has 2 aromatic rings. The van der Waals surface area contributed by atoms with E-state index in [2.05, 4.69) is 22.0 Å². The van der Waals surface area contributed by atoms with Crippen molar-refractivity contribution in [2.45, 2.75) is 12.5 Å². The minimum Gasteiger partial charge on any atom is -0.477 e. The summed E-state index contributed by atoms with van der Waals surface area (Å²) in [7, 11) is 0. The standard InChI is InChI=1S/C17H18N2O3/c20-17(21)15-7-4-8-16(18-15)19-9-10-22-14(12-19)11-13-5-2-1-3-6-13/h1-8,14H,9-12H2,(H,20,21). The lowest BCUT2D eigenvalue weighted by atomic mass is 10.1. The van der Waals surface area contributed by atoms with Gasteiger partial charge in [-0.1, -0.05) is 36.4 Å². The van der Waals surface area contributed by atoms with Gasteiger partial charge >= 0.3 is 5.97 Å². The van der Waals surface area contributed by atoms with Crippen LogP contribution in [0.4, 0.5) is 5.82 Å². The van der Waals surface area contributed by atoms with Crippen molar-refractivity contribution in [2.24, 2.45) is 0 Å². The molecule has 1 aliphatic heterocycles. The van der Waals surface area contributed by atoms with Crippen LogP contribution in [-0.2, 0) is 11.2 Å². The number of hydrogen-bond acceptors (Lipinski definition) is 4. The van der Waals surface area contributed by atoms with Gasteiger partial charge in [-0.25, -0.2) is 9.78 Å². The Balaban J connectivity index is 1.70. The largest absolute Gasteiger partial charge is 0.477 e. The highest BCUT2D eigenvalue weighted by Crippen LogP contribution is 2.18. The van der Waals surface area contributed by atoms with Crippen LogP contribution in [0.5, 0.6) is 0 Å². The number of carboxylic acid groups (broad SMARTS) is 1.